The number of carbonyl (C=O) groups is 2. The maximum Gasteiger partial charge on any atom is 0.409 e. The fraction of sp³-hybridized carbons (Fsp3) is 0.900. The second kappa shape index (κ2) is 6.62. The van der Waals surface area contributed by atoms with Crippen LogP contribution in [0.15, 0.2) is 0 Å². The SMILES string of the molecule is CCOC(=O)N1CCC2(CC(N3C[C@@H]4[C@H](C3)[C@H]4C(=O)N3CCCOC3)C2)C1. The van der Waals surface area contributed by atoms with E-state index in [2.05, 4.69) is 4.90 Å². The number of ether oxygens (including phenoxy) is 2. The molecule has 5 rings (SSSR count). The topological polar surface area (TPSA) is 62.3 Å². The maximum atomic E-state index is 12.7. The molecule has 5 aliphatic rings. The highest BCUT2D eigenvalue weighted by atomic mass is 16.6. The largest absolute Gasteiger partial charge is 0.450 e. The summed E-state index contributed by atoms with van der Waals surface area (Å²) in [6, 6.07) is 0.647. The molecule has 3 saturated heterocycles. The van der Waals surface area contributed by atoms with E-state index in [0.29, 0.717) is 42.5 Å². The van der Waals surface area contributed by atoms with Crippen LogP contribution >= 0.6 is 0 Å². The molecule has 27 heavy (non-hydrogen) atoms. The van der Waals surface area contributed by atoms with Gasteiger partial charge in [-0.2, -0.15) is 0 Å². The van der Waals surface area contributed by atoms with Crippen molar-refractivity contribution < 1.29 is 19.1 Å². The molecule has 3 aliphatic heterocycles. The Morgan fingerprint density at radius 1 is 1.15 bits per heavy atom. The Kier molecular flexibility index (Phi) is 4.35. The molecule has 2 saturated carbocycles. The summed E-state index contributed by atoms with van der Waals surface area (Å²) in [7, 11) is 0. The van der Waals surface area contributed by atoms with E-state index in [1.165, 1.54) is 12.8 Å². The molecular formula is C20H31N3O4. The van der Waals surface area contributed by atoms with Crippen LogP contribution in [0.2, 0.25) is 0 Å². The lowest BCUT2D eigenvalue weighted by Crippen LogP contribution is -2.52. The Morgan fingerprint density at radius 2 is 1.93 bits per heavy atom. The van der Waals surface area contributed by atoms with Crippen LogP contribution in [0.25, 0.3) is 0 Å². The van der Waals surface area contributed by atoms with Crippen molar-refractivity contribution in [3.63, 3.8) is 0 Å². The van der Waals surface area contributed by atoms with Gasteiger partial charge in [-0.15, -0.1) is 0 Å². The molecule has 1 spiro atoms. The summed E-state index contributed by atoms with van der Waals surface area (Å²) in [5, 5.41) is 0. The van der Waals surface area contributed by atoms with Gasteiger partial charge in [0, 0.05) is 44.7 Å². The Morgan fingerprint density at radius 3 is 2.59 bits per heavy atom. The molecule has 3 heterocycles. The summed E-state index contributed by atoms with van der Waals surface area (Å²) in [6.45, 7) is 8.30. The summed E-state index contributed by atoms with van der Waals surface area (Å²) in [4.78, 5) is 31.0. The molecule has 0 aromatic heterocycles. The molecule has 0 radical (unpaired) electrons. The number of hydrogen-bond acceptors (Lipinski definition) is 5. The van der Waals surface area contributed by atoms with Crippen LogP contribution in [-0.2, 0) is 14.3 Å². The second-order valence-corrected chi connectivity index (χ2v) is 9.23. The van der Waals surface area contributed by atoms with Crippen LogP contribution in [0.4, 0.5) is 4.79 Å². The standard InChI is InChI=1S/C20H31N3O4/c1-2-27-19(25)21-6-4-20(12-21)8-14(9-20)23-10-15-16(11-23)17(15)18(24)22-5-3-7-26-13-22/h14-17H,2-13H2,1H3/t14?,15-,16+,17+,20?. The van der Waals surface area contributed by atoms with Gasteiger partial charge in [-0.1, -0.05) is 0 Å². The zero-order chi connectivity index (χ0) is 18.6. The molecule has 2 amide bonds. The lowest BCUT2D eigenvalue weighted by molar-refractivity contribution is -0.143. The first-order chi connectivity index (χ1) is 13.1. The summed E-state index contributed by atoms with van der Waals surface area (Å²) in [6.07, 6.45) is 4.32. The molecular weight excluding hydrogens is 346 g/mol. The minimum Gasteiger partial charge on any atom is -0.450 e. The second-order valence-electron chi connectivity index (χ2n) is 9.23. The summed E-state index contributed by atoms with van der Waals surface area (Å²) in [5.74, 6) is 1.71. The number of rotatable bonds is 3. The third-order valence-electron chi connectivity index (χ3n) is 7.60. The van der Waals surface area contributed by atoms with Gasteiger partial charge in [-0.05, 0) is 49.9 Å². The number of amides is 2. The van der Waals surface area contributed by atoms with E-state index >= 15 is 0 Å². The zero-order valence-electron chi connectivity index (χ0n) is 16.3. The van der Waals surface area contributed by atoms with Gasteiger partial charge in [0.2, 0.25) is 5.91 Å². The molecule has 3 atom stereocenters. The van der Waals surface area contributed by atoms with Crippen LogP contribution in [0, 0.1) is 23.2 Å². The summed E-state index contributed by atoms with van der Waals surface area (Å²) >= 11 is 0. The molecule has 5 fully saturated rings. The van der Waals surface area contributed by atoms with E-state index in [-0.39, 0.29) is 12.0 Å². The third kappa shape index (κ3) is 3.03. The zero-order valence-corrected chi connectivity index (χ0v) is 16.3. The predicted molar refractivity (Wildman–Crippen MR) is 97.9 cm³/mol. The van der Waals surface area contributed by atoms with Crippen molar-refractivity contribution in [3.8, 4) is 0 Å². The Balaban J connectivity index is 1.08. The Hall–Kier alpha value is -1.34. The molecule has 150 valence electrons. The van der Waals surface area contributed by atoms with Crippen LogP contribution in [0.3, 0.4) is 0 Å². The van der Waals surface area contributed by atoms with E-state index in [1.807, 2.05) is 16.7 Å². The van der Waals surface area contributed by atoms with Gasteiger partial charge >= 0.3 is 6.09 Å². The minimum atomic E-state index is -0.150. The van der Waals surface area contributed by atoms with Gasteiger partial charge < -0.3 is 19.3 Å². The molecule has 2 aliphatic carbocycles. The molecule has 0 aromatic carbocycles. The molecule has 7 heteroatoms. The monoisotopic (exact) mass is 377 g/mol. The number of carbonyl (C=O) groups excluding carboxylic acids is 2. The average Bonchev–Trinajstić information content (AvgIpc) is 3.02. The van der Waals surface area contributed by atoms with Gasteiger partial charge in [-0.3, -0.25) is 9.69 Å². The highest BCUT2D eigenvalue weighted by molar-refractivity contribution is 5.82. The van der Waals surface area contributed by atoms with Gasteiger partial charge in [0.1, 0.15) is 6.73 Å². The first-order valence-corrected chi connectivity index (χ1v) is 10.6. The summed E-state index contributed by atoms with van der Waals surface area (Å²) < 4.78 is 10.6. The van der Waals surface area contributed by atoms with Crippen molar-refractivity contribution in [1.82, 2.24) is 14.7 Å². The smallest absolute Gasteiger partial charge is 0.409 e. The van der Waals surface area contributed by atoms with Gasteiger partial charge in [-0.25, -0.2) is 4.79 Å². The summed E-state index contributed by atoms with van der Waals surface area (Å²) in [5.41, 5.74) is 0.324. The predicted octanol–water partition coefficient (Wildman–Crippen LogP) is 1.38. The van der Waals surface area contributed by atoms with Crippen LogP contribution in [0.1, 0.15) is 32.6 Å². The van der Waals surface area contributed by atoms with E-state index in [4.69, 9.17) is 9.47 Å². The van der Waals surface area contributed by atoms with Crippen LogP contribution < -0.4 is 0 Å². The van der Waals surface area contributed by atoms with E-state index in [9.17, 15) is 9.59 Å². The van der Waals surface area contributed by atoms with E-state index in [0.717, 1.165) is 52.2 Å². The van der Waals surface area contributed by atoms with Gasteiger partial charge in [0.25, 0.3) is 0 Å². The number of nitrogens with zero attached hydrogens (tertiary/aromatic N) is 3. The van der Waals surface area contributed by atoms with Crippen molar-refractivity contribution in [1.29, 1.82) is 0 Å². The first kappa shape index (κ1) is 17.7. The number of likely N-dealkylation sites (tertiary alicyclic amines) is 2. The number of hydrogen-bond donors (Lipinski definition) is 0. The van der Waals surface area contributed by atoms with Crippen LogP contribution in [0.5, 0.6) is 0 Å². The fourth-order valence-electron chi connectivity index (χ4n) is 6.04. The lowest BCUT2D eigenvalue weighted by atomic mass is 9.64. The first-order valence-electron chi connectivity index (χ1n) is 10.6. The van der Waals surface area contributed by atoms with Crippen molar-refractivity contribution >= 4 is 12.0 Å². The Labute approximate surface area is 160 Å². The molecule has 0 N–H and O–H groups in total. The van der Waals surface area contributed by atoms with Gasteiger partial charge in [0.05, 0.1) is 13.2 Å². The lowest BCUT2D eigenvalue weighted by Gasteiger charge is -2.49. The van der Waals surface area contributed by atoms with Gasteiger partial charge in [0.15, 0.2) is 0 Å². The van der Waals surface area contributed by atoms with Crippen LogP contribution in [-0.4, -0.2) is 85.4 Å². The third-order valence-corrected chi connectivity index (χ3v) is 7.60. The Bertz CT molecular complexity index is 602. The van der Waals surface area contributed by atoms with Crippen molar-refractivity contribution in [2.45, 2.75) is 38.6 Å². The number of fused-ring (bicyclic) bond motifs is 1. The number of piperidine rings is 1. The normalized spacial score (nSPS) is 40.8. The van der Waals surface area contributed by atoms with E-state index < -0.39 is 0 Å². The highest BCUT2D eigenvalue weighted by Gasteiger charge is 2.62. The fourth-order valence-corrected chi connectivity index (χ4v) is 6.04. The van der Waals surface area contributed by atoms with Crippen molar-refractivity contribution in [3.05, 3.63) is 0 Å². The maximum absolute atomic E-state index is 12.7. The minimum absolute atomic E-state index is 0.150. The molecule has 0 bridgehead atoms. The quantitative estimate of drug-likeness (QED) is 0.744. The highest BCUT2D eigenvalue weighted by Crippen LogP contribution is 2.57. The molecule has 0 aromatic rings. The molecule has 7 nitrogen and oxygen atoms in total. The average molecular weight is 377 g/mol. The van der Waals surface area contributed by atoms with Crippen molar-refractivity contribution in [2.75, 3.05) is 52.7 Å². The molecule has 0 unspecified atom stereocenters. The van der Waals surface area contributed by atoms with E-state index in [1.54, 1.807) is 0 Å². The van der Waals surface area contributed by atoms with Crippen molar-refractivity contribution in [2.24, 2.45) is 23.2 Å².